The van der Waals surface area contributed by atoms with E-state index in [1.807, 2.05) is 0 Å². The maximum absolute atomic E-state index is 11.4. The topological polar surface area (TPSA) is 40.5 Å². The van der Waals surface area contributed by atoms with Gasteiger partial charge in [-0.25, -0.2) is 0 Å². The van der Waals surface area contributed by atoms with Gasteiger partial charge < -0.3 is 5.11 Å². The first kappa shape index (κ1) is 12.5. The first-order valence-electron chi connectivity index (χ1n) is 7.67. The van der Waals surface area contributed by atoms with E-state index in [0.29, 0.717) is 11.5 Å². The molecular weight excluding hydrogens is 226 g/mol. The molecule has 0 aromatic rings. The number of hydrogen-bond acceptors (Lipinski definition) is 2. The Hall–Kier alpha value is -0.570. The van der Waals surface area contributed by atoms with Gasteiger partial charge in [-0.15, -0.1) is 0 Å². The Morgan fingerprint density at radius 1 is 1.00 bits per heavy atom. The minimum atomic E-state index is -0.565. The number of carbonyl (C=O) groups is 1. The van der Waals surface area contributed by atoms with Crippen LogP contribution in [-0.4, -0.2) is 35.1 Å². The Morgan fingerprint density at radius 3 is 2.33 bits per heavy atom. The molecule has 1 N–H and O–H groups in total. The molecule has 0 aromatic heterocycles. The van der Waals surface area contributed by atoms with Crippen molar-refractivity contribution in [2.24, 2.45) is 11.3 Å². The minimum absolute atomic E-state index is 0.0975. The maximum atomic E-state index is 11.4. The summed E-state index contributed by atoms with van der Waals surface area (Å²) >= 11 is 0. The monoisotopic (exact) mass is 251 g/mol. The van der Waals surface area contributed by atoms with E-state index in [2.05, 4.69) is 4.90 Å². The lowest BCUT2D eigenvalue weighted by Crippen LogP contribution is -2.62. The Bertz CT molecular complexity index is 314. The zero-order valence-electron chi connectivity index (χ0n) is 11.2. The summed E-state index contributed by atoms with van der Waals surface area (Å²) in [7, 11) is 0. The summed E-state index contributed by atoms with van der Waals surface area (Å²) in [6.45, 7) is 2.36. The summed E-state index contributed by atoms with van der Waals surface area (Å²) in [6, 6.07) is 0.337. The van der Waals surface area contributed by atoms with E-state index in [1.165, 1.54) is 51.6 Å². The van der Waals surface area contributed by atoms with Crippen molar-refractivity contribution >= 4 is 5.97 Å². The zero-order valence-corrected chi connectivity index (χ0v) is 11.2. The van der Waals surface area contributed by atoms with Gasteiger partial charge in [-0.3, -0.25) is 9.69 Å². The molecule has 1 spiro atoms. The van der Waals surface area contributed by atoms with Crippen LogP contribution in [-0.2, 0) is 4.79 Å². The molecule has 3 nitrogen and oxygen atoms in total. The van der Waals surface area contributed by atoms with E-state index in [0.717, 1.165) is 19.3 Å². The fourth-order valence-electron chi connectivity index (χ4n) is 4.50. The van der Waals surface area contributed by atoms with Crippen LogP contribution < -0.4 is 0 Å². The van der Waals surface area contributed by atoms with Crippen molar-refractivity contribution < 1.29 is 9.90 Å². The molecule has 2 saturated carbocycles. The second kappa shape index (κ2) is 4.84. The highest BCUT2D eigenvalue weighted by Crippen LogP contribution is 2.46. The number of hydrogen-bond donors (Lipinski definition) is 1. The van der Waals surface area contributed by atoms with Crippen molar-refractivity contribution in [3.05, 3.63) is 0 Å². The number of aliphatic carboxylic acids is 1. The number of carboxylic acid groups (broad SMARTS) is 1. The molecule has 2 aliphatic carbocycles. The standard InChI is InChI=1S/C15H25NO2/c17-14(18)12-6-2-3-7-13(12)16-10-15(11-16)8-4-1-5-9-15/h12-13H,1-11H2,(H,17,18). The van der Waals surface area contributed by atoms with Gasteiger partial charge in [0.25, 0.3) is 0 Å². The Balaban J connectivity index is 1.60. The highest BCUT2D eigenvalue weighted by atomic mass is 16.4. The maximum Gasteiger partial charge on any atom is 0.308 e. The number of nitrogens with zero attached hydrogens (tertiary/aromatic N) is 1. The molecule has 102 valence electrons. The van der Waals surface area contributed by atoms with E-state index >= 15 is 0 Å². The molecule has 3 aliphatic rings. The molecule has 0 aromatic carbocycles. The van der Waals surface area contributed by atoms with Crippen LogP contribution in [0.5, 0.6) is 0 Å². The fourth-order valence-corrected chi connectivity index (χ4v) is 4.50. The van der Waals surface area contributed by atoms with Gasteiger partial charge in [-0.2, -0.15) is 0 Å². The van der Waals surface area contributed by atoms with Crippen LogP contribution in [0.3, 0.4) is 0 Å². The van der Waals surface area contributed by atoms with Crippen molar-refractivity contribution in [1.29, 1.82) is 0 Å². The van der Waals surface area contributed by atoms with Crippen LogP contribution in [0.25, 0.3) is 0 Å². The molecule has 18 heavy (non-hydrogen) atoms. The first-order chi connectivity index (χ1) is 8.70. The Labute approximate surface area is 110 Å². The fraction of sp³-hybridized carbons (Fsp3) is 0.933. The average molecular weight is 251 g/mol. The lowest BCUT2D eigenvalue weighted by Gasteiger charge is -2.57. The van der Waals surface area contributed by atoms with Gasteiger partial charge in [-0.1, -0.05) is 32.1 Å². The second-order valence-corrected chi connectivity index (χ2v) is 6.76. The summed E-state index contributed by atoms with van der Waals surface area (Å²) in [5.74, 6) is -0.663. The van der Waals surface area contributed by atoms with Crippen LogP contribution in [0.15, 0.2) is 0 Å². The summed E-state index contributed by atoms with van der Waals surface area (Å²) in [6.07, 6.45) is 11.3. The zero-order chi connectivity index (χ0) is 12.6. The molecule has 1 saturated heterocycles. The largest absolute Gasteiger partial charge is 0.481 e. The van der Waals surface area contributed by atoms with E-state index < -0.39 is 5.97 Å². The molecule has 3 fully saturated rings. The second-order valence-electron chi connectivity index (χ2n) is 6.76. The predicted molar refractivity (Wildman–Crippen MR) is 70.5 cm³/mol. The molecule has 0 amide bonds. The molecule has 2 atom stereocenters. The third-order valence-electron chi connectivity index (χ3n) is 5.51. The summed E-state index contributed by atoms with van der Waals surface area (Å²) in [5.41, 5.74) is 0.582. The normalized spacial score (nSPS) is 36.2. The van der Waals surface area contributed by atoms with Crippen molar-refractivity contribution in [3.63, 3.8) is 0 Å². The highest BCUT2D eigenvalue weighted by Gasteiger charge is 2.48. The van der Waals surface area contributed by atoms with Gasteiger partial charge in [0, 0.05) is 19.1 Å². The van der Waals surface area contributed by atoms with Crippen molar-refractivity contribution in [1.82, 2.24) is 4.90 Å². The highest BCUT2D eigenvalue weighted by molar-refractivity contribution is 5.71. The van der Waals surface area contributed by atoms with Crippen molar-refractivity contribution in [3.8, 4) is 0 Å². The quantitative estimate of drug-likeness (QED) is 0.820. The number of rotatable bonds is 2. The van der Waals surface area contributed by atoms with Crippen LogP contribution in [0.1, 0.15) is 57.8 Å². The first-order valence-corrected chi connectivity index (χ1v) is 7.67. The lowest BCUT2D eigenvalue weighted by atomic mass is 9.67. The van der Waals surface area contributed by atoms with E-state index in [1.54, 1.807) is 0 Å². The van der Waals surface area contributed by atoms with Gasteiger partial charge in [0.2, 0.25) is 0 Å². The van der Waals surface area contributed by atoms with Gasteiger partial charge >= 0.3 is 5.97 Å². The smallest absolute Gasteiger partial charge is 0.308 e. The third-order valence-corrected chi connectivity index (χ3v) is 5.51. The van der Waals surface area contributed by atoms with E-state index in [4.69, 9.17) is 0 Å². The molecular formula is C15H25NO2. The number of carboxylic acids is 1. The molecule has 1 aliphatic heterocycles. The Morgan fingerprint density at radius 2 is 1.67 bits per heavy atom. The van der Waals surface area contributed by atoms with Crippen LogP contribution >= 0.6 is 0 Å². The van der Waals surface area contributed by atoms with E-state index in [9.17, 15) is 9.90 Å². The predicted octanol–water partition coefficient (Wildman–Crippen LogP) is 2.90. The molecule has 2 unspecified atom stereocenters. The SMILES string of the molecule is O=C(O)C1CCCCC1N1CC2(CCCCC2)C1. The molecule has 3 rings (SSSR count). The molecule has 1 heterocycles. The molecule has 0 bridgehead atoms. The summed E-state index contributed by atoms with van der Waals surface area (Å²) < 4.78 is 0. The van der Waals surface area contributed by atoms with Gasteiger partial charge in [-0.05, 0) is 31.1 Å². The van der Waals surface area contributed by atoms with E-state index in [-0.39, 0.29) is 5.92 Å². The summed E-state index contributed by atoms with van der Waals surface area (Å²) in [5, 5.41) is 9.35. The van der Waals surface area contributed by atoms with Crippen molar-refractivity contribution in [2.75, 3.05) is 13.1 Å². The third kappa shape index (κ3) is 2.18. The molecule has 3 heteroatoms. The van der Waals surface area contributed by atoms with Crippen LogP contribution in [0.4, 0.5) is 0 Å². The summed E-state index contributed by atoms with van der Waals surface area (Å²) in [4.78, 5) is 13.8. The van der Waals surface area contributed by atoms with Gasteiger partial charge in [0.1, 0.15) is 0 Å². The Kier molecular flexibility index (Phi) is 3.35. The molecule has 0 radical (unpaired) electrons. The average Bonchev–Trinajstić information content (AvgIpc) is 2.37. The van der Waals surface area contributed by atoms with Gasteiger partial charge in [0.05, 0.1) is 5.92 Å². The van der Waals surface area contributed by atoms with Gasteiger partial charge in [0.15, 0.2) is 0 Å². The minimum Gasteiger partial charge on any atom is -0.481 e. The lowest BCUT2D eigenvalue weighted by molar-refractivity contribution is -0.150. The van der Waals surface area contributed by atoms with Crippen LogP contribution in [0, 0.1) is 11.3 Å². The van der Waals surface area contributed by atoms with Crippen LogP contribution in [0.2, 0.25) is 0 Å². The number of likely N-dealkylation sites (tertiary alicyclic amines) is 1. The van der Waals surface area contributed by atoms with Crippen molar-refractivity contribution in [2.45, 2.75) is 63.8 Å².